The summed E-state index contributed by atoms with van der Waals surface area (Å²) in [4.78, 5) is 26.7. The van der Waals surface area contributed by atoms with E-state index in [9.17, 15) is 35.9 Å². The minimum atomic E-state index is -5.18. The zero-order chi connectivity index (χ0) is 24.4. The summed E-state index contributed by atoms with van der Waals surface area (Å²) in [6.45, 7) is 6.83. The SMILES string of the molecule is CCCCP(C(=O)c1c(C)cc(C)cc1C)C(=O)c1c(C(F)(F)F)cccc1C(F)(F)F. The number of carbonyl (C=O) groups excluding carboxylic acids is 2. The van der Waals surface area contributed by atoms with Crippen LogP contribution < -0.4 is 0 Å². The van der Waals surface area contributed by atoms with E-state index >= 15 is 0 Å². The Balaban J connectivity index is 2.74. The lowest BCUT2D eigenvalue weighted by Gasteiger charge is -2.23. The number of unbranched alkanes of at least 4 members (excludes halogenated alkanes) is 1. The van der Waals surface area contributed by atoms with Gasteiger partial charge in [-0.2, -0.15) is 26.3 Å². The number of rotatable bonds is 7. The number of carbonyl (C=O) groups is 2. The number of alkyl halides is 6. The van der Waals surface area contributed by atoms with Crippen molar-refractivity contribution in [2.45, 2.75) is 52.9 Å². The van der Waals surface area contributed by atoms with Crippen LogP contribution in [0.3, 0.4) is 0 Å². The molecule has 174 valence electrons. The van der Waals surface area contributed by atoms with Crippen molar-refractivity contribution in [3.05, 3.63) is 69.3 Å². The summed E-state index contributed by atoms with van der Waals surface area (Å²) in [6, 6.07) is 4.91. The molecule has 1 atom stereocenters. The lowest BCUT2D eigenvalue weighted by molar-refractivity contribution is -0.143. The standard InChI is InChI=1S/C23H23F6O2P/c1-5-6-10-32(20(30)18-14(3)11-13(2)12-15(18)4)21(31)19-16(22(24,25)26)8-7-9-17(19)23(27,28)29/h7-9,11-12H,5-6,10H2,1-4H3. The summed E-state index contributed by atoms with van der Waals surface area (Å²) in [5.74, 6) is 0. The first-order valence-corrected chi connectivity index (χ1v) is 11.4. The van der Waals surface area contributed by atoms with Crippen LogP contribution in [0.5, 0.6) is 0 Å². The highest BCUT2D eigenvalue weighted by atomic mass is 31.1. The molecule has 2 aromatic rings. The number of aryl methyl sites for hydroxylation is 3. The quantitative estimate of drug-likeness (QED) is 0.301. The summed E-state index contributed by atoms with van der Waals surface area (Å²) in [5.41, 5.74) is -4.80. The van der Waals surface area contributed by atoms with Gasteiger partial charge in [-0.25, -0.2) is 0 Å². The van der Waals surface area contributed by atoms with Crippen molar-refractivity contribution in [3.8, 4) is 0 Å². The smallest absolute Gasteiger partial charge is 0.289 e. The second-order valence-corrected chi connectivity index (χ2v) is 9.73. The molecule has 9 heteroatoms. The molecule has 0 aliphatic rings. The number of hydrogen-bond donors (Lipinski definition) is 0. The lowest BCUT2D eigenvalue weighted by atomic mass is 10.0. The van der Waals surface area contributed by atoms with Crippen molar-refractivity contribution in [2.24, 2.45) is 0 Å². The number of benzene rings is 2. The van der Waals surface area contributed by atoms with Crippen LogP contribution in [0.4, 0.5) is 26.3 Å². The van der Waals surface area contributed by atoms with Gasteiger partial charge in [-0.3, -0.25) is 9.59 Å². The van der Waals surface area contributed by atoms with Crippen molar-refractivity contribution in [2.75, 3.05) is 6.16 Å². The van der Waals surface area contributed by atoms with E-state index in [1.807, 2.05) is 0 Å². The van der Waals surface area contributed by atoms with E-state index in [4.69, 9.17) is 0 Å². The molecule has 0 saturated heterocycles. The van der Waals surface area contributed by atoms with Crippen molar-refractivity contribution in [1.29, 1.82) is 0 Å². The number of hydrogen-bond acceptors (Lipinski definition) is 2. The molecular weight excluding hydrogens is 453 g/mol. The number of halogens is 6. The Morgan fingerprint density at radius 3 is 1.66 bits per heavy atom. The fourth-order valence-corrected chi connectivity index (χ4v) is 6.01. The van der Waals surface area contributed by atoms with E-state index < -0.39 is 48.0 Å². The molecule has 0 bridgehead atoms. The second kappa shape index (κ2) is 9.74. The maximum Gasteiger partial charge on any atom is 0.417 e. The Morgan fingerprint density at radius 2 is 1.25 bits per heavy atom. The molecule has 0 spiro atoms. The van der Waals surface area contributed by atoms with Crippen LogP contribution in [0, 0.1) is 20.8 Å². The molecule has 2 aromatic carbocycles. The van der Waals surface area contributed by atoms with Gasteiger partial charge in [-0.05, 0) is 56.6 Å². The van der Waals surface area contributed by atoms with Gasteiger partial charge in [0, 0.05) is 19.0 Å². The summed E-state index contributed by atoms with van der Waals surface area (Å²) in [6.07, 6.45) is -9.60. The fraction of sp³-hybridized carbons (Fsp3) is 0.391. The molecule has 0 aliphatic heterocycles. The van der Waals surface area contributed by atoms with Crippen molar-refractivity contribution in [1.82, 2.24) is 0 Å². The highest BCUT2D eigenvalue weighted by molar-refractivity contribution is 7.90. The van der Waals surface area contributed by atoms with E-state index in [-0.39, 0.29) is 11.7 Å². The van der Waals surface area contributed by atoms with E-state index in [0.717, 1.165) is 5.56 Å². The molecule has 1 unspecified atom stereocenters. The lowest BCUT2D eigenvalue weighted by Crippen LogP contribution is -2.21. The molecule has 2 rings (SSSR count). The van der Waals surface area contributed by atoms with Crippen molar-refractivity contribution < 1.29 is 35.9 Å². The van der Waals surface area contributed by atoms with E-state index in [2.05, 4.69) is 0 Å². The topological polar surface area (TPSA) is 34.1 Å². The first-order valence-electron chi connectivity index (χ1n) is 9.91. The predicted octanol–water partition coefficient (Wildman–Crippen LogP) is 7.91. The third kappa shape index (κ3) is 5.58. The maximum absolute atomic E-state index is 13.6. The average molecular weight is 476 g/mol. The average Bonchev–Trinajstić information content (AvgIpc) is 2.65. The van der Waals surface area contributed by atoms with E-state index in [1.165, 1.54) is 0 Å². The first kappa shape index (κ1) is 26.0. The summed E-state index contributed by atoms with van der Waals surface area (Å²) in [7, 11) is -2.49. The molecule has 2 nitrogen and oxygen atoms in total. The molecule has 0 aliphatic carbocycles. The Labute approximate surface area is 183 Å². The first-order chi connectivity index (χ1) is 14.7. The fourth-order valence-electron chi connectivity index (χ4n) is 3.65. The zero-order valence-corrected chi connectivity index (χ0v) is 18.9. The molecule has 0 saturated carbocycles. The molecule has 32 heavy (non-hydrogen) atoms. The van der Waals surface area contributed by atoms with Gasteiger partial charge >= 0.3 is 12.4 Å². The summed E-state index contributed by atoms with van der Waals surface area (Å²) >= 11 is 0. The largest absolute Gasteiger partial charge is 0.417 e. The predicted molar refractivity (Wildman–Crippen MR) is 112 cm³/mol. The molecular formula is C23H23F6O2P. The normalized spacial score (nSPS) is 13.2. The maximum atomic E-state index is 13.6. The van der Waals surface area contributed by atoms with Crippen molar-refractivity contribution >= 4 is 19.0 Å². The van der Waals surface area contributed by atoms with Gasteiger partial charge in [0.25, 0.3) is 0 Å². The van der Waals surface area contributed by atoms with E-state index in [0.29, 0.717) is 42.2 Å². The summed E-state index contributed by atoms with van der Waals surface area (Å²) < 4.78 is 81.6. The van der Waals surface area contributed by atoms with Gasteiger partial charge in [0.1, 0.15) is 0 Å². The highest BCUT2D eigenvalue weighted by Gasteiger charge is 2.45. The molecule has 0 aromatic heterocycles. The van der Waals surface area contributed by atoms with Gasteiger partial charge in [-0.15, -0.1) is 0 Å². The molecule has 0 N–H and O–H groups in total. The minimum absolute atomic E-state index is 0.0836. The van der Waals surface area contributed by atoms with Crippen LogP contribution in [0.25, 0.3) is 0 Å². The van der Waals surface area contributed by atoms with Crippen LogP contribution in [0.1, 0.15) is 68.3 Å². The Bertz CT molecular complexity index is 969. The zero-order valence-electron chi connectivity index (χ0n) is 18.0. The highest BCUT2D eigenvalue weighted by Crippen LogP contribution is 2.50. The molecule has 0 fully saturated rings. The van der Waals surface area contributed by atoms with Crippen LogP contribution in [0.2, 0.25) is 0 Å². The van der Waals surface area contributed by atoms with Gasteiger partial charge in [0.05, 0.1) is 11.1 Å². The molecule has 0 radical (unpaired) electrons. The van der Waals surface area contributed by atoms with Gasteiger partial charge in [0.15, 0.2) is 11.0 Å². The molecule has 0 heterocycles. The van der Waals surface area contributed by atoms with Gasteiger partial charge < -0.3 is 0 Å². The van der Waals surface area contributed by atoms with Gasteiger partial charge in [0.2, 0.25) is 0 Å². The van der Waals surface area contributed by atoms with Crippen LogP contribution in [0.15, 0.2) is 30.3 Å². The van der Waals surface area contributed by atoms with Crippen LogP contribution >= 0.6 is 7.92 Å². The monoisotopic (exact) mass is 476 g/mol. The van der Waals surface area contributed by atoms with Gasteiger partial charge in [-0.1, -0.05) is 37.1 Å². The minimum Gasteiger partial charge on any atom is -0.289 e. The van der Waals surface area contributed by atoms with Crippen LogP contribution in [-0.4, -0.2) is 17.2 Å². The Morgan fingerprint density at radius 1 is 0.812 bits per heavy atom. The third-order valence-electron chi connectivity index (χ3n) is 5.01. The Kier molecular flexibility index (Phi) is 7.92. The van der Waals surface area contributed by atoms with Crippen LogP contribution in [-0.2, 0) is 12.4 Å². The molecule has 0 amide bonds. The Hall–Kier alpha value is -2.21. The second-order valence-electron chi connectivity index (χ2n) is 7.61. The van der Waals surface area contributed by atoms with Crippen molar-refractivity contribution in [3.63, 3.8) is 0 Å². The third-order valence-corrected chi connectivity index (χ3v) is 7.20. The summed E-state index contributed by atoms with van der Waals surface area (Å²) in [5, 5.41) is 0. The van der Waals surface area contributed by atoms with E-state index in [1.54, 1.807) is 39.8 Å².